The quantitative estimate of drug-likeness (QED) is 0.847. The Morgan fingerprint density at radius 3 is 2.50 bits per heavy atom. The predicted octanol–water partition coefficient (Wildman–Crippen LogP) is 2.39. The van der Waals surface area contributed by atoms with Gasteiger partial charge in [-0.1, -0.05) is 39.3 Å². The van der Waals surface area contributed by atoms with Gasteiger partial charge in [0.25, 0.3) is 11.5 Å². The summed E-state index contributed by atoms with van der Waals surface area (Å²) in [5.74, 6) is 0.485. The van der Waals surface area contributed by atoms with Gasteiger partial charge in [0.05, 0.1) is 5.54 Å². The highest BCUT2D eigenvalue weighted by Gasteiger charge is 2.32. The van der Waals surface area contributed by atoms with E-state index in [4.69, 9.17) is 4.52 Å². The van der Waals surface area contributed by atoms with Crippen LogP contribution in [0.15, 0.2) is 21.5 Å². The topological polar surface area (TPSA) is 103 Å². The van der Waals surface area contributed by atoms with Crippen LogP contribution in [0, 0.1) is 0 Å². The zero-order valence-corrected chi connectivity index (χ0v) is 16.3. The molecule has 0 spiro atoms. The molecular weight excluding hydrogens is 334 g/mol. The molecule has 2 rings (SSSR count). The minimum absolute atomic E-state index is 0.174. The molecule has 26 heavy (non-hydrogen) atoms. The summed E-state index contributed by atoms with van der Waals surface area (Å²) >= 11 is 0. The van der Waals surface area contributed by atoms with Gasteiger partial charge in [0.2, 0.25) is 5.89 Å². The van der Waals surface area contributed by atoms with E-state index in [-0.39, 0.29) is 16.7 Å². The first kappa shape index (κ1) is 19.8. The number of amides is 1. The van der Waals surface area contributed by atoms with Crippen molar-refractivity contribution >= 4 is 5.91 Å². The first-order valence-electron chi connectivity index (χ1n) is 8.80. The highest BCUT2D eigenvalue weighted by molar-refractivity contribution is 5.92. The lowest BCUT2D eigenvalue weighted by atomic mass is 9.97. The van der Waals surface area contributed by atoms with Crippen LogP contribution in [0.5, 0.6) is 0 Å². The van der Waals surface area contributed by atoms with Gasteiger partial charge in [0, 0.05) is 18.0 Å². The van der Waals surface area contributed by atoms with Crippen LogP contribution in [0.1, 0.15) is 76.6 Å². The van der Waals surface area contributed by atoms with Gasteiger partial charge in [-0.2, -0.15) is 10.1 Å². The molecule has 8 heteroatoms. The standard InChI is InChI=1S/C18H27N5O3/c1-7-8-11-23-13(24)10-9-12(21-23)14(25)20-18(5,6)15-19-16(26-22-15)17(2,3)4/h9-10H,7-8,11H2,1-6H3,(H,20,25). The fourth-order valence-electron chi connectivity index (χ4n) is 2.22. The minimum Gasteiger partial charge on any atom is -0.339 e. The monoisotopic (exact) mass is 361 g/mol. The van der Waals surface area contributed by atoms with Crippen molar-refractivity contribution in [2.24, 2.45) is 0 Å². The number of carbonyl (C=O) groups is 1. The summed E-state index contributed by atoms with van der Waals surface area (Å²) in [5.41, 5.74) is -1.17. The van der Waals surface area contributed by atoms with Crippen LogP contribution in [0.3, 0.4) is 0 Å². The molecular formula is C18H27N5O3. The molecule has 8 nitrogen and oxygen atoms in total. The van der Waals surface area contributed by atoms with Gasteiger partial charge < -0.3 is 9.84 Å². The normalized spacial score (nSPS) is 12.2. The van der Waals surface area contributed by atoms with Gasteiger partial charge in [-0.05, 0) is 26.3 Å². The van der Waals surface area contributed by atoms with E-state index in [1.807, 2.05) is 27.7 Å². The Balaban J connectivity index is 2.20. The van der Waals surface area contributed by atoms with Crippen LogP contribution >= 0.6 is 0 Å². The Hall–Kier alpha value is -2.51. The van der Waals surface area contributed by atoms with Gasteiger partial charge in [-0.25, -0.2) is 4.68 Å². The maximum absolute atomic E-state index is 12.6. The molecule has 0 aliphatic rings. The lowest BCUT2D eigenvalue weighted by Crippen LogP contribution is -2.43. The number of unbranched alkanes of at least 4 members (excludes halogenated alkanes) is 1. The number of hydrogen-bond acceptors (Lipinski definition) is 6. The van der Waals surface area contributed by atoms with E-state index >= 15 is 0 Å². The zero-order valence-electron chi connectivity index (χ0n) is 16.3. The van der Waals surface area contributed by atoms with Crippen molar-refractivity contribution in [1.82, 2.24) is 25.2 Å². The van der Waals surface area contributed by atoms with Crippen LogP contribution in [-0.2, 0) is 17.5 Å². The molecule has 0 aromatic carbocycles. The van der Waals surface area contributed by atoms with Crippen molar-refractivity contribution < 1.29 is 9.32 Å². The average molecular weight is 361 g/mol. The largest absolute Gasteiger partial charge is 0.339 e. The SMILES string of the molecule is CCCCn1nc(C(=O)NC(C)(C)c2noc(C(C)(C)C)n2)ccc1=O. The highest BCUT2D eigenvalue weighted by Crippen LogP contribution is 2.24. The fraction of sp³-hybridized carbons (Fsp3) is 0.611. The number of rotatable bonds is 6. The van der Waals surface area contributed by atoms with Gasteiger partial charge in [0.1, 0.15) is 5.69 Å². The molecule has 0 atom stereocenters. The van der Waals surface area contributed by atoms with Crippen LogP contribution < -0.4 is 10.9 Å². The van der Waals surface area contributed by atoms with E-state index in [9.17, 15) is 9.59 Å². The number of nitrogens with zero attached hydrogens (tertiary/aromatic N) is 4. The minimum atomic E-state index is -0.851. The number of hydrogen-bond donors (Lipinski definition) is 1. The van der Waals surface area contributed by atoms with Crippen LogP contribution in [0.25, 0.3) is 0 Å². The van der Waals surface area contributed by atoms with Crippen molar-refractivity contribution in [3.63, 3.8) is 0 Å². The zero-order chi connectivity index (χ0) is 19.5. The van der Waals surface area contributed by atoms with E-state index in [0.29, 0.717) is 18.3 Å². The van der Waals surface area contributed by atoms with Crippen LogP contribution in [-0.4, -0.2) is 25.8 Å². The molecule has 2 aromatic heterocycles. The number of aromatic nitrogens is 4. The Morgan fingerprint density at radius 1 is 1.23 bits per heavy atom. The van der Waals surface area contributed by atoms with Crippen molar-refractivity contribution in [1.29, 1.82) is 0 Å². The second-order valence-electron chi connectivity index (χ2n) is 7.89. The van der Waals surface area contributed by atoms with E-state index < -0.39 is 11.4 Å². The summed E-state index contributed by atoms with van der Waals surface area (Å²) in [6.07, 6.45) is 1.76. The second-order valence-corrected chi connectivity index (χ2v) is 7.89. The van der Waals surface area contributed by atoms with Crippen molar-refractivity contribution in [3.8, 4) is 0 Å². The average Bonchev–Trinajstić information content (AvgIpc) is 3.04. The van der Waals surface area contributed by atoms with Crippen molar-refractivity contribution in [2.75, 3.05) is 0 Å². The Morgan fingerprint density at radius 2 is 1.92 bits per heavy atom. The molecule has 0 bridgehead atoms. The molecule has 142 valence electrons. The third-order valence-corrected chi connectivity index (χ3v) is 3.88. The smallest absolute Gasteiger partial charge is 0.272 e. The summed E-state index contributed by atoms with van der Waals surface area (Å²) in [5, 5.41) is 11.0. The number of carbonyl (C=O) groups excluding carboxylic acids is 1. The molecule has 1 N–H and O–H groups in total. The molecule has 0 saturated carbocycles. The summed E-state index contributed by atoms with van der Waals surface area (Å²) in [6, 6.07) is 2.78. The first-order valence-corrected chi connectivity index (χ1v) is 8.80. The van der Waals surface area contributed by atoms with Crippen molar-refractivity contribution in [3.05, 3.63) is 39.9 Å². The van der Waals surface area contributed by atoms with Crippen LogP contribution in [0.4, 0.5) is 0 Å². The van der Waals surface area contributed by atoms with Crippen molar-refractivity contribution in [2.45, 2.75) is 71.9 Å². The maximum atomic E-state index is 12.6. The van der Waals surface area contributed by atoms with E-state index in [1.165, 1.54) is 16.8 Å². The molecule has 0 fully saturated rings. The number of aryl methyl sites for hydroxylation is 1. The van der Waals surface area contributed by atoms with Gasteiger partial charge in [-0.3, -0.25) is 9.59 Å². The summed E-state index contributed by atoms with van der Waals surface area (Å²) < 4.78 is 6.63. The third-order valence-electron chi connectivity index (χ3n) is 3.88. The van der Waals surface area contributed by atoms with E-state index in [2.05, 4.69) is 20.6 Å². The first-order chi connectivity index (χ1) is 12.0. The maximum Gasteiger partial charge on any atom is 0.272 e. The lowest BCUT2D eigenvalue weighted by Gasteiger charge is -2.22. The summed E-state index contributed by atoms with van der Waals surface area (Å²) in [4.78, 5) is 28.8. The summed E-state index contributed by atoms with van der Waals surface area (Å²) in [7, 11) is 0. The Labute approximate surface area is 153 Å². The Bertz CT molecular complexity index is 830. The van der Waals surface area contributed by atoms with Gasteiger partial charge in [-0.15, -0.1) is 0 Å². The predicted molar refractivity (Wildman–Crippen MR) is 96.9 cm³/mol. The lowest BCUT2D eigenvalue weighted by molar-refractivity contribution is 0.0899. The highest BCUT2D eigenvalue weighted by atomic mass is 16.5. The van der Waals surface area contributed by atoms with Gasteiger partial charge in [0.15, 0.2) is 5.82 Å². The van der Waals surface area contributed by atoms with E-state index in [1.54, 1.807) is 13.8 Å². The molecule has 1 amide bonds. The molecule has 0 unspecified atom stereocenters. The van der Waals surface area contributed by atoms with Gasteiger partial charge >= 0.3 is 0 Å². The molecule has 0 radical (unpaired) electrons. The van der Waals surface area contributed by atoms with Crippen LogP contribution in [0.2, 0.25) is 0 Å². The molecule has 2 aromatic rings. The Kier molecular flexibility index (Phi) is 5.63. The van der Waals surface area contributed by atoms with E-state index in [0.717, 1.165) is 12.8 Å². The number of nitrogens with one attached hydrogen (secondary N) is 1. The molecule has 2 heterocycles. The summed E-state index contributed by atoms with van der Waals surface area (Å²) in [6.45, 7) is 12.0. The molecule has 0 aliphatic heterocycles. The molecule has 0 aliphatic carbocycles. The third kappa shape index (κ3) is 4.56. The fourth-order valence-corrected chi connectivity index (χ4v) is 2.22. The second kappa shape index (κ2) is 7.39. The molecule has 0 saturated heterocycles.